The summed E-state index contributed by atoms with van der Waals surface area (Å²) in [6, 6.07) is 11.0. The lowest BCUT2D eigenvalue weighted by Crippen LogP contribution is -2.43. The summed E-state index contributed by atoms with van der Waals surface area (Å²) in [6.45, 7) is -0.120. The van der Waals surface area contributed by atoms with E-state index in [1.165, 1.54) is 4.90 Å². The third-order valence-electron chi connectivity index (χ3n) is 5.09. The molecule has 8 nitrogen and oxygen atoms in total. The summed E-state index contributed by atoms with van der Waals surface area (Å²) >= 11 is 0. The number of nitrogens with one attached hydrogen (secondary N) is 1. The van der Waals surface area contributed by atoms with E-state index in [0.717, 1.165) is 12.1 Å². The lowest BCUT2D eigenvalue weighted by atomic mass is 9.95. The Morgan fingerprint density at radius 2 is 1.78 bits per heavy atom. The molecule has 0 aromatic heterocycles. The molecule has 0 atom stereocenters. The van der Waals surface area contributed by atoms with Crippen LogP contribution in [0.5, 0.6) is 5.75 Å². The largest absolute Gasteiger partial charge is 0.483 e. The van der Waals surface area contributed by atoms with Crippen molar-refractivity contribution in [3.8, 4) is 5.75 Å². The number of non-ortho nitro benzene ring substituents is 1. The molecule has 0 unspecified atom stereocenters. The second kappa shape index (κ2) is 9.67. The van der Waals surface area contributed by atoms with Crippen LogP contribution in [0.1, 0.15) is 18.4 Å². The molecule has 0 radical (unpaired) electrons. The van der Waals surface area contributed by atoms with Crippen LogP contribution in [0.3, 0.4) is 0 Å². The van der Waals surface area contributed by atoms with E-state index < -0.39 is 40.6 Å². The third kappa shape index (κ3) is 5.74. The number of para-hydroxylation sites is 1. The van der Waals surface area contributed by atoms with Crippen molar-refractivity contribution in [3.63, 3.8) is 0 Å². The highest BCUT2D eigenvalue weighted by Crippen LogP contribution is 2.38. The van der Waals surface area contributed by atoms with Crippen LogP contribution in [0.2, 0.25) is 0 Å². The number of likely N-dealkylation sites (tertiary alicyclic amines) is 1. The zero-order chi connectivity index (χ0) is 23.3. The van der Waals surface area contributed by atoms with Crippen molar-refractivity contribution >= 4 is 23.2 Å². The maximum Gasteiger partial charge on any atom is 0.420 e. The van der Waals surface area contributed by atoms with Crippen molar-refractivity contribution in [2.75, 3.05) is 25.0 Å². The second-order valence-electron chi connectivity index (χ2n) is 7.23. The molecule has 32 heavy (non-hydrogen) atoms. The first kappa shape index (κ1) is 23.0. The molecule has 1 saturated heterocycles. The molecule has 11 heteroatoms. The standard InChI is InChI=1S/C21H20F3N3O5/c22-21(23,24)17-12-16(27(30)31)6-7-18(17)32-13-19(28)26-10-8-14(9-11-26)20(29)25-15-4-2-1-3-5-15/h1-7,12,14H,8-11,13H2,(H,25,29). The van der Waals surface area contributed by atoms with Crippen LogP contribution in [-0.2, 0) is 15.8 Å². The number of carbonyl (C=O) groups is 2. The summed E-state index contributed by atoms with van der Waals surface area (Å²) < 4.78 is 44.7. The average Bonchev–Trinajstić information content (AvgIpc) is 2.77. The van der Waals surface area contributed by atoms with Gasteiger partial charge in [0.25, 0.3) is 11.6 Å². The summed E-state index contributed by atoms with van der Waals surface area (Å²) in [4.78, 5) is 36.0. The van der Waals surface area contributed by atoms with Crippen LogP contribution in [-0.4, -0.2) is 41.3 Å². The first-order chi connectivity index (χ1) is 15.1. The van der Waals surface area contributed by atoms with Gasteiger partial charge in [0, 0.05) is 36.8 Å². The number of anilines is 1. The molecule has 0 spiro atoms. The fourth-order valence-corrected chi connectivity index (χ4v) is 3.37. The van der Waals surface area contributed by atoms with Crippen LogP contribution >= 0.6 is 0 Å². The predicted octanol–water partition coefficient (Wildman–Crippen LogP) is 3.87. The number of hydrogen-bond acceptors (Lipinski definition) is 5. The van der Waals surface area contributed by atoms with Crippen molar-refractivity contribution in [1.82, 2.24) is 4.90 Å². The number of hydrogen-bond donors (Lipinski definition) is 1. The van der Waals surface area contributed by atoms with Crippen molar-refractivity contribution in [1.29, 1.82) is 0 Å². The fraction of sp³-hybridized carbons (Fsp3) is 0.333. The molecule has 0 aliphatic carbocycles. The number of alkyl halides is 3. The Hall–Kier alpha value is -3.63. The first-order valence-electron chi connectivity index (χ1n) is 9.77. The van der Waals surface area contributed by atoms with Gasteiger partial charge in [0.2, 0.25) is 5.91 Å². The van der Waals surface area contributed by atoms with E-state index in [1.807, 2.05) is 6.07 Å². The lowest BCUT2D eigenvalue weighted by Gasteiger charge is -2.31. The number of nitrogens with zero attached hydrogens (tertiary/aromatic N) is 2. The number of ether oxygens (including phenoxy) is 1. The van der Waals surface area contributed by atoms with Gasteiger partial charge in [-0.15, -0.1) is 0 Å². The summed E-state index contributed by atoms with van der Waals surface area (Å²) in [5, 5.41) is 13.6. The molecule has 2 aromatic carbocycles. The van der Waals surface area contributed by atoms with E-state index in [0.29, 0.717) is 24.6 Å². The van der Waals surface area contributed by atoms with E-state index in [4.69, 9.17) is 4.74 Å². The molecule has 1 aliphatic rings. The van der Waals surface area contributed by atoms with Gasteiger partial charge in [-0.25, -0.2) is 0 Å². The smallest absolute Gasteiger partial charge is 0.420 e. The Kier molecular flexibility index (Phi) is 6.96. The number of piperidine rings is 1. The van der Waals surface area contributed by atoms with Crippen molar-refractivity contribution in [3.05, 3.63) is 64.2 Å². The summed E-state index contributed by atoms with van der Waals surface area (Å²) in [5.74, 6) is -1.63. The maximum absolute atomic E-state index is 13.2. The molecular weight excluding hydrogens is 431 g/mol. The summed E-state index contributed by atoms with van der Waals surface area (Å²) in [6.07, 6.45) is -4.06. The highest BCUT2D eigenvalue weighted by atomic mass is 19.4. The Balaban J connectivity index is 1.54. The second-order valence-corrected chi connectivity index (χ2v) is 7.23. The molecule has 1 N–H and O–H groups in total. The number of carbonyl (C=O) groups excluding carboxylic acids is 2. The molecule has 0 bridgehead atoms. The average molecular weight is 451 g/mol. The molecule has 1 fully saturated rings. The Morgan fingerprint density at radius 1 is 1.12 bits per heavy atom. The lowest BCUT2D eigenvalue weighted by molar-refractivity contribution is -0.385. The van der Waals surface area contributed by atoms with E-state index >= 15 is 0 Å². The Labute approximate surface area is 181 Å². The maximum atomic E-state index is 13.2. The van der Waals surface area contributed by atoms with Gasteiger partial charge in [-0.05, 0) is 31.0 Å². The topological polar surface area (TPSA) is 102 Å². The van der Waals surface area contributed by atoms with Crippen LogP contribution in [0.15, 0.2) is 48.5 Å². The van der Waals surface area contributed by atoms with Crippen molar-refractivity contribution in [2.24, 2.45) is 5.92 Å². The highest BCUT2D eigenvalue weighted by molar-refractivity contribution is 5.92. The summed E-state index contributed by atoms with van der Waals surface area (Å²) in [7, 11) is 0. The van der Waals surface area contributed by atoms with Gasteiger partial charge in [0.05, 0.1) is 4.92 Å². The summed E-state index contributed by atoms with van der Waals surface area (Å²) in [5.41, 5.74) is -1.38. The van der Waals surface area contributed by atoms with E-state index in [9.17, 15) is 32.9 Å². The van der Waals surface area contributed by atoms with Gasteiger partial charge >= 0.3 is 6.18 Å². The number of rotatable bonds is 6. The molecular formula is C21H20F3N3O5. The number of benzene rings is 2. The van der Waals surface area contributed by atoms with Gasteiger partial charge in [-0.2, -0.15) is 13.2 Å². The molecule has 0 saturated carbocycles. The number of halogens is 3. The van der Waals surface area contributed by atoms with Gasteiger partial charge in [-0.3, -0.25) is 19.7 Å². The van der Waals surface area contributed by atoms with Crippen LogP contribution in [0.25, 0.3) is 0 Å². The van der Waals surface area contributed by atoms with Crippen LogP contribution < -0.4 is 10.1 Å². The molecule has 1 aliphatic heterocycles. The van der Waals surface area contributed by atoms with Crippen LogP contribution in [0.4, 0.5) is 24.5 Å². The number of nitro benzene ring substituents is 1. The zero-order valence-electron chi connectivity index (χ0n) is 16.8. The number of amides is 2. The van der Waals surface area contributed by atoms with Gasteiger partial charge in [0.15, 0.2) is 6.61 Å². The highest BCUT2D eigenvalue weighted by Gasteiger charge is 2.36. The molecule has 170 valence electrons. The van der Waals surface area contributed by atoms with Crippen molar-refractivity contribution in [2.45, 2.75) is 19.0 Å². The Bertz CT molecular complexity index is 990. The fourth-order valence-electron chi connectivity index (χ4n) is 3.37. The monoisotopic (exact) mass is 451 g/mol. The normalized spacial score (nSPS) is 14.7. The number of nitro groups is 1. The minimum atomic E-state index is -4.88. The minimum Gasteiger partial charge on any atom is -0.483 e. The molecule has 2 amide bonds. The van der Waals surface area contributed by atoms with Gasteiger partial charge in [0.1, 0.15) is 11.3 Å². The third-order valence-corrected chi connectivity index (χ3v) is 5.09. The molecule has 2 aromatic rings. The van der Waals surface area contributed by atoms with Crippen LogP contribution in [0, 0.1) is 16.0 Å². The molecule has 3 rings (SSSR count). The quantitative estimate of drug-likeness (QED) is 0.531. The van der Waals surface area contributed by atoms with E-state index in [-0.39, 0.29) is 24.9 Å². The van der Waals surface area contributed by atoms with Gasteiger partial charge < -0.3 is 15.0 Å². The van der Waals surface area contributed by atoms with Crippen molar-refractivity contribution < 1.29 is 32.4 Å². The van der Waals surface area contributed by atoms with E-state index in [2.05, 4.69) is 5.32 Å². The Morgan fingerprint density at radius 3 is 2.38 bits per heavy atom. The van der Waals surface area contributed by atoms with Gasteiger partial charge in [-0.1, -0.05) is 18.2 Å². The molecule has 1 heterocycles. The van der Waals surface area contributed by atoms with E-state index in [1.54, 1.807) is 24.3 Å². The zero-order valence-corrected chi connectivity index (χ0v) is 16.8. The first-order valence-corrected chi connectivity index (χ1v) is 9.77. The predicted molar refractivity (Wildman–Crippen MR) is 108 cm³/mol. The minimum absolute atomic E-state index is 0.153. The SMILES string of the molecule is O=C(Nc1ccccc1)C1CCN(C(=O)COc2ccc([N+](=O)[O-])cc2C(F)(F)F)CC1.